The highest BCUT2D eigenvalue weighted by atomic mass is 35.5. The van der Waals surface area contributed by atoms with E-state index in [1.54, 1.807) is 6.92 Å². The highest BCUT2D eigenvalue weighted by Crippen LogP contribution is 2.28. The number of halogens is 1. The molecule has 0 radical (unpaired) electrons. The van der Waals surface area contributed by atoms with E-state index in [1.165, 1.54) is 16.7 Å². The number of hydrogen-bond donors (Lipinski definition) is 0. The Bertz CT molecular complexity index is 700. The second-order valence-corrected chi connectivity index (χ2v) is 6.40. The molecule has 3 rings (SSSR count). The Labute approximate surface area is 142 Å². The Balaban J connectivity index is 1.83. The van der Waals surface area contributed by atoms with Crippen LogP contribution in [-0.4, -0.2) is 28.9 Å². The van der Waals surface area contributed by atoms with Crippen LogP contribution < -0.4 is 0 Å². The third-order valence-electron chi connectivity index (χ3n) is 4.56. The lowest BCUT2D eigenvalue weighted by atomic mass is 9.94. The monoisotopic (exact) mass is 328 g/mol. The molecule has 1 aromatic heterocycles. The highest BCUT2D eigenvalue weighted by Gasteiger charge is 2.19. The molecule has 0 saturated heterocycles. The molecule has 0 atom stereocenters. The molecule has 2 heterocycles. The summed E-state index contributed by atoms with van der Waals surface area (Å²) in [6, 6.07) is 10.1. The molecule has 0 bridgehead atoms. The van der Waals surface area contributed by atoms with Crippen molar-refractivity contribution in [3.63, 3.8) is 0 Å². The number of amides is 1. The minimum absolute atomic E-state index is 0.152. The van der Waals surface area contributed by atoms with Crippen molar-refractivity contribution >= 4 is 17.5 Å². The van der Waals surface area contributed by atoms with Gasteiger partial charge in [0.15, 0.2) is 0 Å². The van der Waals surface area contributed by atoms with Crippen molar-refractivity contribution < 1.29 is 4.79 Å². The molecule has 2 aromatic rings. The summed E-state index contributed by atoms with van der Waals surface area (Å²) < 4.78 is 0. The minimum Gasteiger partial charge on any atom is -0.342 e. The van der Waals surface area contributed by atoms with Gasteiger partial charge < -0.3 is 4.90 Å². The van der Waals surface area contributed by atoms with Gasteiger partial charge in [0.1, 0.15) is 0 Å². The number of nitrogens with zero attached hydrogens (tertiary/aromatic N) is 2. The maximum atomic E-state index is 11.7. The zero-order chi connectivity index (χ0) is 16.2. The molecule has 3 nitrogen and oxygen atoms in total. The number of aryl methyl sites for hydroxylation is 1. The van der Waals surface area contributed by atoms with E-state index < -0.39 is 0 Å². The van der Waals surface area contributed by atoms with E-state index in [0.717, 1.165) is 49.5 Å². The molecular weight excluding hydrogens is 308 g/mol. The predicted octanol–water partition coefficient (Wildman–Crippen LogP) is 3.47. The van der Waals surface area contributed by atoms with Gasteiger partial charge in [-0.05, 0) is 60.6 Å². The van der Waals surface area contributed by atoms with Gasteiger partial charge in [-0.3, -0.25) is 9.78 Å². The summed E-state index contributed by atoms with van der Waals surface area (Å²) in [5.41, 5.74) is 4.96. The van der Waals surface area contributed by atoms with Crippen LogP contribution in [-0.2, 0) is 30.5 Å². The summed E-state index contributed by atoms with van der Waals surface area (Å²) in [6.07, 6.45) is 5.38. The van der Waals surface area contributed by atoms with E-state index in [0.29, 0.717) is 0 Å². The number of carbonyl (C=O) groups is 1. The van der Waals surface area contributed by atoms with Crippen molar-refractivity contribution in [3.05, 3.63) is 63.9 Å². The lowest BCUT2D eigenvalue weighted by Gasteiger charge is -2.17. The molecule has 0 spiro atoms. The van der Waals surface area contributed by atoms with Crippen LogP contribution in [0.5, 0.6) is 0 Å². The fraction of sp³-hybridized carbons (Fsp3) is 0.368. The summed E-state index contributed by atoms with van der Waals surface area (Å²) in [5.74, 6) is 0.152. The summed E-state index contributed by atoms with van der Waals surface area (Å²) in [5, 5.41) is 0.830. The van der Waals surface area contributed by atoms with Crippen LogP contribution in [0.25, 0.3) is 0 Å². The number of rotatable bonds is 3. The number of benzene rings is 1. The van der Waals surface area contributed by atoms with Crippen molar-refractivity contribution in [1.82, 2.24) is 9.88 Å². The number of fused-ring (bicyclic) bond motifs is 1. The van der Waals surface area contributed by atoms with Gasteiger partial charge in [0.05, 0.1) is 0 Å². The summed E-state index contributed by atoms with van der Waals surface area (Å²) >= 11 is 6.48. The fourth-order valence-electron chi connectivity index (χ4n) is 3.26. The van der Waals surface area contributed by atoms with Crippen molar-refractivity contribution in [1.29, 1.82) is 0 Å². The standard InChI is InChI=1S/C19H21ClN2O/c1-14(23)22-12-9-15-5-8-19(20)18(17(15)10-13-22)7-6-16-4-2-3-11-21-16/h2-5,8,11H,6-7,9-10,12-13H2,1H3. The first-order valence-electron chi connectivity index (χ1n) is 8.09. The van der Waals surface area contributed by atoms with Crippen LogP contribution in [0.2, 0.25) is 5.02 Å². The van der Waals surface area contributed by atoms with Gasteiger partial charge in [0.2, 0.25) is 5.91 Å². The van der Waals surface area contributed by atoms with E-state index in [2.05, 4.69) is 11.1 Å². The number of aromatic nitrogens is 1. The normalized spacial score (nSPS) is 14.3. The van der Waals surface area contributed by atoms with E-state index in [4.69, 9.17) is 11.6 Å². The molecule has 1 aliphatic rings. The van der Waals surface area contributed by atoms with Gasteiger partial charge in [-0.2, -0.15) is 0 Å². The SMILES string of the molecule is CC(=O)N1CCc2ccc(Cl)c(CCc3ccccn3)c2CC1. The van der Waals surface area contributed by atoms with E-state index in [-0.39, 0.29) is 5.91 Å². The van der Waals surface area contributed by atoms with Crippen molar-refractivity contribution in [2.45, 2.75) is 32.6 Å². The van der Waals surface area contributed by atoms with E-state index >= 15 is 0 Å². The molecule has 4 heteroatoms. The summed E-state index contributed by atoms with van der Waals surface area (Å²) in [4.78, 5) is 18.0. The average Bonchev–Trinajstić information content (AvgIpc) is 2.78. The first kappa shape index (κ1) is 16.0. The van der Waals surface area contributed by atoms with Crippen LogP contribution in [0.4, 0.5) is 0 Å². The van der Waals surface area contributed by atoms with Crippen molar-refractivity contribution in [2.75, 3.05) is 13.1 Å². The second kappa shape index (κ2) is 7.14. The van der Waals surface area contributed by atoms with Gasteiger partial charge in [-0.1, -0.05) is 23.7 Å². The lowest BCUT2D eigenvalue weighted by molar-refractivity contribution is -0.128. The van der Waals surface area contributed by atoms with E-state index in [1.807, 2.05) is 35.4 Å². The van der Waals surface area contributed by atoms with Gasteiger partial charge in [0, 0.05) is 36.9 Å². The van der Waals surface area contributed by atoms with Gasteiger partial charge >= 0.3 is 0 Å². The topological polar surface area (TPSA) is 33.2 Å². The lowest BCUT2D eigenvalue weighted by Crippen LogP contribution is -2.31. The third-order valence-corrected chi connectivity index (χ3v) is 4.91. The molecule has 1 aliphatic heterocycles. The first-order chi connectivity index (χ1) is 11.1. The largest absolute Gasteiger partial charge is 0.342 e. The van der Waals surface area contributed by atoms with Crippen LogP contribution in [0.1, 0.15) is 29.3 Å². The molecule has 0 unspecified atom stereocenters. The Morgan fingerprint density at radius 2 is 2.00 bits per heavy atom. The van der Waals surface area contributed by atoms with Gasteiger partial charge in [-0.15, -0.1) is 0 Å². The maximum Gasteiger partial charge on any atom is 0.219 e. The predicted molar refractivity (Wildman–Crippen MR) is 92.8 cm³/mol. The molecule has 0 aliphatic carbocycles. The second-order valence-electron chi connectivity index (χ2n) is 5.99. The molecular formula is C19H21ClN2O. The smallest absolute Gasteiger partial charge is 0.219 e. The Kier molecular flexibility index (Phi) is 4.97. The molecule has 0 N–H and O–H groups in total. The quantitative estimate of drug-likeness (QED) is 0.864. The summed E-state index contributed by atoms with van der Waals surface area (Å²) in [7, 11) is 0. The molecule has 1 aromatic carbocycles. The number of pyridine rings is 1. The minimum atomic E-state index is 0.152. The van der Waals surface area contributed by atoms with E-state index in [9.17, 15) is 4.79 Å². The average molecular weight is 329 g/mol. The van der Waals surface area contributed by atoms with Crippen molar-refractivity contribution in [3.8, 4) is 0 Å². The maximum absolute atomic E-state index is 11.7. The van der Waals surface area contributed by atoms with Crippen LogP contribution in [0, 0.1) is 0 Å². The number of hydrogen-bond acceptors (Lipinski definition) is 2. The van der Waals surface area contributed by atoms with Crippen LogP contribution in [0.15, 0.2) is 36.5 Å². The molecule has 0 fully saturated rings. The van der Waals surface area contributed by atoms with Gasteiger partial charge in [0.25, 0.3) is 0 Å². The molecule has 0 saturated carbocycles. The zero-order valence-electron chi connectivity index (χ0n) is 13.4. The fourth-order valence-corrected chi connectivity index (χ4v) is 3.53. The molecule has 23 heavy (non-hydrogen) atoms. The third kappa shape index (κ3) is 3.73. The molecule has 1 amide bonds. The Morgan fingerprint density at radius 1 is 1.17 bits per heavy atom. The highest BCUT2D eigenvalue weighted by molar-refractivity contribution is 6.31. The zero-order valence-corrected chi connectivity index (χ0v) is 14.1. The molecule has 120 valence electrons. The van der Waals surface area contributed by atoms with Crippen molar-refractivity contribution in [2.24, 2.45) is 0 Å². The first-order valence-corrected chi connectivity index (χ1v) is 8.47. The van der Waals surface area contributed by atoms with Crippen LogP contribution >= 0.6 is 11.6 Å². The number of carbonyl (C=O) groups excluding carboxylic acids is 1. The van der Waals surface area contributed by atoms with Gasteiger partial charge in [-0.25, -0.2) is 0 Å². The summed E-state index contributed by atoms with van der Waals surface area (Å²) in [6.45, 7) is 3.22. The Morgan fingerprint density at radius 3 is 2.74 bits per heavy atom. The Hall–Kier alpha value is -1.87. The van der Waals surface area contributed by atoms with Crippen LogP contribution in [0.3, 0.4) is 0 Å².